The van der Waals surface area contributed by atoms with E-state index in [-0.39, 0.29) is 24.8 Å². The Morgan fingerprint density at radius 1 is 1.36 bits per heavy atom. The topological polar surface area (TPSA) is 117 Å². The van der Waals surface area contributed by atoms with Gasteiger partial charge in [0.2, 0.25) is 5.91 Å². The Balaban J connectivity index is 1.81. The van der Waals surface area contributed by atoms with Crippen LogP contribution in [0.3, 0.4) is 0 Å². The Morgan fingerprint density at radius 3 is 2.79 bits per heavy atom. The summed E-state index contributed by atoms with van der Waals surface area (Å²) < 4.78 is 16.1. The van der Waals surface area contributed by atoms with Crippen LogP contribution in [0, 0.1) is 6.92 Å². The highest BCUT2D eigenvalue weighted by molar-refractivity contribution is 7.16. The molecule has 0 aliphatic rings. The smallest absolute Gasteiger partial charge is 0.437 e. The maximum atomic E-state index is 12.5. The normalized spacial score (nSPS) is 10.8. The molecule has 1 amide bonds. The summed E-state index contributed by atoms with van der Waals surface area (Å²) in [7, 11) is 0. The van der Waals surface area contributed by atoms with Crippen LogP contribution in [-0.2, 0) is 22.5 Å². The number of furan rings is 1. The zero-order valence-electron chi connectivity index (χ0n) is 15.6. The molecule has 0 saturated heterocycles. The van der Waals surface area contributed by atoms with Crippen LogP contribution in [0.25, 0.3) is 11.7 Å². The molecule has 0 spiro atoms. The minimum absolute atomic E-state index is 0.0183. The number of amides is 1. The molecule has 1 N–H and O–H groups in total. The molecule has 3 aromatic heterocycles. The maximum absolute atomic E-state index is 12.5. The van der Waals surface area contributed by atoms with Gasteiger partial charge in [-0.15, -0.1) is 16.4 Å². The number of hydrogen-bond donors (Lipinski definition) is 1. The van der Waals surface area contributed by atoms with Crippen LogP contribution in [0.1, 0.15) is 34.6 Å². The van der Waals surface area contributed by atoms with Crippen LogP contribution < -0.4 is 11.1 Å². The molecular formula is C18H19N3O6S. The van der Waals surface area contributed by atoms with E-state index >= 15 is 0 Å². The maximum Gasteiger partial charge on any atom is 0.437 e. The molecule has 3 rings (SSSR count). The van der Waals surface area contributed by atoms with Gasteiger partial charge in [0.25, 0.3) is 5.89 Å². The third-order valence-electron chi connectivity index (χ3n) is 3.93. The lowest BCUT2D eigenvalue weighted by Crippen LogP contribution is -2.26. The van der Waals surface area contributed by atoms with Crippen LogP contribution >= 0.6 is 11.3 Å². The van der Waals surface area contributed by atoms with Gasteiger partial charge in [-0.25, -0.2) is 9.59 Å². The quantitative estimate of drug-likeness (QED) is 0.601. The molecular weight excluding hydrogens is 386 g/mol. The predicted molar refractivity (Wildman–Crippen MR) is 101 cm³/mol. The minimum Gasteiger partial charge on any atom is -0.462 e. The summed E-state index contributed by atoms with van der Waals surface area (Å²) in [4.78, 5) is 37.6. The monoisotopic (exact) mass is 405 g/mol. The first kappa shape index (κ1) is 19.6. The first-order chi connectivity index (χ1) is 13.4. The predicted octanol–water partition coefficient (Wildman–Crippen LogP) is 2.84. The van der Waals surface area contributed by atoms with Crippen molar-refractivity contribution in [1.82, 2.24) is 9.78 Å². The number of carbonyl (C=O) groups excluding carboxylic acids is 2. The van der Waals surface area contributed by atoms with Crippen LogP contribution in [0.2, 0.25) is 0 Å². The van der Waals surface area contributed by atoms with E-state index in [0.29, 0.717) is 17.0 Å². The van der Waals surface area contributed by atoms with Crippen molar-refractivity contribution in [3.8, 4) is 11.7 Å². The number of nitrogens with zero attached hydrogens (tertiary/aromatic N) is 2. The van der Waals surface area contributed by atoms with Gasteiger partial charge in [0.15, 0.2) is 5.76 Å². The summed E-state index contributed by atoms with van der Waals surface area (Å²) in [5.74, 6) is -1.53. The van der Waals surface area contributed by atoms with Crippen molar-refractivity contribution in [2.75, 3.05) is 11.9 Å². The number of esters is 1. The van der Waals surface area contributed by atoms with Crippen molar-refractivity contribution in [2.24, 2.45) is 0 Å². The highest BCUT2D eigenvalue weighted by atomic mass is 32.1. The van der Waals surface area contributed by atoms with Gasteiger partial charge in [0.1, 0.15) is 11.5 Å². The van der Waals surface area contributed by atoms with Gasteiger partial charge in [-0.1, -0.05) is 6.92 Å². The summed E-state index contributed by atoms with van der Waals surface area (Å²) in [5, 5.41) is 7.02. The molecule has 0 saturated carbocycles. The third kappa shape index (κ3) is 3.91. The molecule has 0 aliphatic carbocycles. The van der Waals surface area contributed by atoms with Gasteiger partial charge in [-0.3, -0.25) is 4.79 Å². The van der Waals surface area contributed by atoms with Crippen LogP contribution in [0.4, 0.5) is 5.00 Å². The fourth-order valence-electron chi connectivity index (χ4n) is 2.72. The molecule has 3 aromatic rings. The fourth-order valence-corrected chi connectivity index (χ4v) is 3.87. The van der Waals surface area contributed by atoms with Crippen LogP contribution in [0.5, 0.6) is 0 Å². The third-order valence-corrected chi connectivity index (χ3v) is 4.99. The molecule has 0 aromatic carbocycles. The average Bonchev–Trinajstić information content (AvgIpc) is 3.35. The van der Waals surface area contributed by atoms with Crippen molar-refractivity contribution in [2.45, 2.75) is 33.7 Å². The van der Waals surface area contributed by atoms with E-state index in [2.05, 4.69) is 10.4 Å². The summed E-state index contributed by atoms with van der Waals surface area (Å²) in [6.45, 7) is 5.38. The number of rotatable bonds is 7. The van der Waals surface area contributed by atoms with Gasteiger partial charge in [-0.05, 0) is 38.0 Å². The Kier molecular flexibility index (Phi) is 5.78. The number of anilines is 1. The second-order valence-corrected chi connectivity index (χ2v) is 7.00. The zero-order valence-corrected chi connectivity index (χ0v) is 16.4. The standard InChI is InChI=1S/C18H19N3O6S/c1-4-11-10(3)28-16(14(11)17(23)25-5-2)19-13(22)9-21-18(24)27-15(20-21)12-7-6-8-26-12/h6-8H,4-5,9H2,1-3H3,(H,19,22). The Morgan fingerprint density at radius 2 is 2.14 bits per heavy atom. The van der Waals surface area contributed by atoms with E-state index in [0.717, 1.165) is 15.1 Å². The lowest BCUT2D eigenvalue weighted by atomic mass is 10.1. The SMILES string of the molecule is CCOC(=O)c1c(NC(=O)Cn2nc(-c3ccco3)oc2=O)sc(C)c1CC. The molecule has 148 valence electrons. The first-order valence-electron chi connectivity index (χ1n) is 8.65. The lowest BCUT2D eigenvalue weighted by molar-refractivity contribution is -0.117. The second kappa shape index (κ2) is 8.26. The number of ether oxygens (including phenoxy) is 1. The number of aryl methyl sites for hydroxylation is 1. The number of carbonyl (C=O) groups is 2. The van der Waals surface area contributed by atoms with Crippen molar-refractivity contribution in [3.63, 3.8) is 0 Å². The molecule has 0 unspecified atom stereocenters. The molecule has 3 heterocycles. The van der Waals surface area contributed by atoms with E-state index in [1.807, 2.05) is 13.8 Å². The number of hydrogen-bond acceptors (Lipinski definition) is 8. The van der Waals surface area contributed by atoms with Crippen molar-refractivity contribution < 1.29 is 23.2 Å². The van der Waals surface area contributed by atoms with E-state index < -0.39 is 17.6 Å². The highest BCUT2D eigenvalue weighted by Crippen LogP contribution is 2.34. The fraction of sp³-hybridized carbons (Fsp3) is 0.333. The van der Waals surface area contributed by atoms with E-state index in [1.54, 1.807) is 19.1 Å². The largest absolute Gasteiger partial charge is 0.462 e. The summed E-state index contributed by atoms with van der Waals surface area (Å²) in [5.41, 5.74) is 1.18. The average molecular weight is 405 g/mol. The Hall–Kier alpha value is -3.14. The molecule has 0 aliphatic heterocycles. The van der Waals surface area contributed by atoms with Crippen molar-refractivity contribution >= 4 is 28.2 Å². The number of nitrogens with one attached hydrogen (secondary N) is 1. The Bertz CT molecular complexity index is 1040. The number of thiophene rings is 1. The van der Waals surface area contributed by atoms with E-state index in [1.165, 1.54) is 17.6 Å². The molecule has 0 atom stereocenters. The van der Waals surface area contributed by atoms with Gasteiger partial charge < -0.3 is 18.9 Å². The summed E-state index contributed by atoms with van der Waals surface area (Å²) >= 11 is 1.29. The van der Waals surface area contributed by atoms with Crippen molar-refractivity contribution in [3.05, 3.63) is 45.0 Å². The second-order valence-electron chi connectivity index (χ2n) is 5.77. The molecule has 0 fully saturated rings. The Labute approximate surface area is 163 Å². The van der Waals surface area contributed by atoms with Crippen LogP contribution in [-0.4, -0.2) is 28.3 Å². The minimum atomic E-state index is -0.788. The number of aromatic nitrogens is 2. The highest BCUT2D eigenvalue weighted by Gasteiger charge is 2.24. The van der Waals surface area contributed by atoms with E-state index in [9.17, 15) is 14.4 Å². The zero-order chi connectivity index (χ0) is 20.3. The summed E-state index contributed by atoms with van der Waals surface area (Å²) in [6, 6.07) is 3.21. The van der Waals surface area contributed by atoms with E-state index in [4.69, 9.17) is 13.6 Å². The van der Waals surface area contributed by atoms with Gasteiger partial charge in [-0.2, -0.15) is 4.68 Å². The lowest BCUT2D eigenvalue weighted by Gasteiger charge is -2.07. The first-order valence-corrected chi connectivity index (χ1v) is 9.47. The summed E-state index contributed by atoms with van der Waals surface area (Å²) in [6.07, 6.45) is 2.05. The van der Waals surface area contributed by atoms with Gasteiger partial charge in [0.05, 0.1) is 18.4 Å². The molecule has 28 heavy (non-hydrogen) atoms. The van der Waals surface area contributed by atoms with Crippen molar-refractivity contribution in [1.29, 1.82) is 0 Å². The van der Waals surface area contributed by atoms with Gasteiger partial charge >= 0.3 is 11.7 Å². The molecule has 10 heteroatoms. The molecule has 0 radical (unpaired) electrons. The molecule has 0 bridgehead atoms. The van der Waals surface area contributed by atoms with Gasteiger partial charge in [0, 0.05) is 4.88 Å². The molecule has 9 nitrogen and oxygen atoms in total. The van der Waals surface area contributed by atoms with Crippen LogP contribution in [0.15, 0.2) is 32.0 Å².